The molecule has 12 rings (SSSR count). The Bertz CT molecular complexity index is 2980. The number of thioether (sulfide) groups is 2. The maximum Gasteiger partial charge on any atom is 0.219 e. The fraction of sp³-hybridized carbons (Fsp3) is 0.438. The minimum Gasteiger partial charge on any atom is -0.485 e. The molecule has 6 aliphatic rings. The molecule has 2 amide bonds. The van der Waals surface area contributed by atoms with Crippen LogP contribution in [-0.4, -0.2) is 50.2 Å². The summed E-state index contributed by atoms with van der Waals surface area (Å²) in [5, 5.41) is 11.4. The number of benzene rings is 4. The van der Waals surface area contributed by atoms with Crippen LogP contribution < -0.4 is 39.0 Å². The van der Waals surface area contributed by atoms with E-state index in [1.54, 1.807) is 0 Å². The molecule has 0 saturated carbocycles. The Labute approximate surface area is 457 Å². The van der Waals surface area contributed by atoms with Crippen LogP contribution in [-0.2, 0) is 22.7 Å². The Morgan fingerprint density at radius 2 is 0.908 bits per heavy atom. The SMILES string of the molecule is O=C(CCCCC[n+]1ccc2c3c(cccc31)OC1CCN3C(=C21)Sc1ccccc13)NCCCCCCCCCCCCNC(=O)CCCCC[n+]1ccc2c3c(cccc31)OC1CCN3C(=C21)Sc1ccccc13. The molecule has 0 bridgehead atoms. The van der Waals surface area contributed by atoms with E-state index in [9.17, 15) is 9.59 Å². The highest BCUT2D eigenvalue weighted by atomic mass is 32.2. The van der Waals surface area contributed by atoms with E-state index in [-0.39, 0.29) is 24.0 Å². The van der Waals surface area contributed by atoms with Gasteiger partial charge in [0.25, 0.3) is 0 Å². The number of unbranched alkanes of at least 4 members (excludes halogenated alkanes) is 13. The number of hydrogen-bond donors (Lipinski definition) is 2. The molecule has 0 saturated heterocycles. The maximum absolute atomic E-state index is 12.6. The summed E-state index contributed by atoms with van der Waals surface area (Å²) in [5.74, 6) is 2.37. The van der Waals surface area contributed by atoms with Crippen molar-refractivity contribution in [3.8, 4) is 11.5 Å². The van der Waals surface area contributed by atoms with E-state index in [4.69, 9.17) is 9.47 Å². The number of hydrogen-bond acceptors (Lipinski definition) is 8. The third kappa shape index (κ3) is 10.7. The van der Waals surface area contributed by atoms with Gasteiger partial charge < -0.3 is 29.9 Å². The lowest BCUT2D eigenvalue weighted by Crippen LogP contribution is -2.38. The number of fused-ring (bicyclic) bond motifs is 10. The highest BCUT2D eigenvalue weighted by Gasteiger charge is 2.42. The summed E-state index contributed by atoms with van der Waals surface area (Å²) in [7, 11) is 0. The first-order valence-corrected chi connectivity index (χ1v) is 30.6. The zero-order chi connectivity index (χ0) is 51.2. The summed E-state index contributed by atoms with van der Waals surface area (Å²) in [6.07, 6.45) is 25.9. The van der Waals surface area contributed by atoms with Gasteiger partial charge in [0, 0.05) is 121 Å². The van der Waals surface area contributed by atoms with Crippen LogP contribution in [0.25, 0.3) is 33.0 Å². The lowest BCUT2D eigenvalue weighted by molar-refractivity contribution is -0.672. The Hall–Kier alpha value is -5.98. The van der Waals surface area contributed by atoms with E-state index in [2.05, 4.69) is 139 Å². The second-order valence-electron chi connectivity index (χ2n) is 21.7. The quantitative estimate of drug-likeness (QED) is 0.0433. The van der Waals surface area contributed by atoms with E-state index >= 15 is 0 Å². The van der Waals surface area contributed by atoms with Gasteiger partial charge in [-0.2, -0.15) is 9.13 Å². The minimum atomic E-state index is 0.0860. The molecule has 6 aromatic rings. The van der Waals surface area contributed by atoms with Crippen molar-refractivity contribution in [1.82, 2.24) is 10.6 Å². The molecule has 10 nitrogen and oxygen atoms in total. The normalized spacial score (nSPS) is 17.4. The summed E-state index contributed by atoms with van der Waals surface area (Å²) in [6.45, 7) is 5.37. The monoisotopic (exact) mass is 1050 g/mol. The average Bonchev–Trinajstić information content (AvgIpc) is 4.06. The number of amides is 2. The number of ether oxygens (including phenoxy) is 2. The summed E-state index contributed by atoms with van der Waals surface area (Å²) in [6, 6.07) is 35.1. The second kappa shape index (κ2) is 23.7. The Morgan fingerprint density at radius 3 is 1.37 bits per heavy atom. The van der Waals surface area contributed by atoms with Gasteiger partial charge in [0.05, 0.1) is 32.2 Å². The predicted octanol–water partition coefficient (Wildman–Crippen LogP) is 13.4. The van der Waals surface area contributed by atoms with Crippen molar-refractivity contribution in [2.45, 2.75) is 164 Å². The van der Waals surface area contributed by atoms with Gasteiger partial charge in [0.15, 0.2) is 12.4 Å². The molecule has 394 valence electrons. The molecule has 0 spiro atoms. The molecule has 4 aromatic carbocycles. The number of aryl methyl sites for hydroxylation is 2. The van der Waals surface area contributed by atoms with E-state index in [0.29, 0.717) is 12.8 Å². The first-order chi connectivity index (χ1) is 37.6. The average molecular weight is 1060 g/mol. The molecular formula is C64H74N6O4S2+2. The highest BCUT2D eigenvalue weighted by Crippen LogP contribution is 2.56. The first kappa shape index (κ1) is 50.8. The summed E-state index contributed by atoms with van der Waals surface area (Å²) < 4.78 is 18.2. The van der Waals surface area contributed by atoms with Crippen molar-refractivity contribution in [3.63, 3.8) is 0 Å². The van der Waals surface area contributed by atoms with Gasteiger partial charge in [-0.05, 0) is 74.9 Å². The van der Waals surface area contributed by atoms with Gasteiger partial charge in [-0.3, -0.25) is 9.59 Å². The largest absolute Gasteiger partial charge is 0.485 e. The molecular weight excluding hydrogens is 981 g/mol. The van der Waals surface area contributed by atoms with E-state index < -0.39 is 0 Å². The van der Waals surface area contributed by atoms with Crippen molar-refractivity contribution >= 4 is 79.7 Å². The summed E-state index contributed by atoms with van der Waals surface area (Å²) >= 11 is 3.77. The second-order valence-corrected chi connectivity index (χ2v) is 23.7. The van der Waals surface area contributed by atoms with E-state index in [0.717, 1.165) is 115 Å². The molecule has 0 fully saturated rings. The molecule has 2 unspecified atom stereocenters. The third-order valence-corrected chi connectivity index (χ3v) is 18.9. The highest BCUT2D eigenvalue weighted by molar-refractivity contribution is 8.04. The topological polar surface area (TPSA) is 90.9 Å². The molecule has 6 aliphatic heterocycles. The Balaban J connectivity index is 0.469. The summed E-state index contributed by atoms with van der Waals surface area (Å²) in [4.78, 5) is 32.9. The minimum absolute atomic E-state index is 0.0860. The van der Waals surface area contributed by atoms with Crippen molar-refractivity contribution in [3.05, 3.63) is 131 Å². The molecule has 2 aromatic heterocycles. The molecule has 8 heterocycles. The van der Waals surface area contributed by atoms with Crippen LogP contribution >= 0.6 is 23.5 Å². The number of carbonyl (C=O) groups excluding carboxylic acids is 2. The van der Waals surface area contributed by atoms with E-state index in [1.807, 2.05) is 23.5 Å². The zero-order valence-electron chi connectivity index (χ0n) is 44.2. The fourth-order valence-electron chi connectivity index (χ4n) is 12.6. The lowest BCUT2D eigenvalue weighted by atomic mass is 9.90. The van der Waals surface area contributed by atoms with Crippen molar-refractivity contribution < 1.29 is 28.2 Å². The molecule has 2 N–H and O–H groups in total. The van der Waals surface area contributed by atoms with Gasteiger partial charge in [-0.15, -0.1) is 0 Å². The molecule has 76 heavy (non-hydrogen) atoms. The molecule has 0 radical (unpaired) electrons. The number of nitrogens with one attached hydrogen (secondary N) is 2. The van der Waals surface area contributed by atoms with Crippen LogP contribution in [0.5, 0.6) is 11.5 Å². The number of carbonyl (C=O) groups is 2. The van der Waals surface area contributed by atoms with Crippen LogP contribution in [0.1, 0.15) is 140 Å². The van der Waals surface area contributed by atoms with Crippen LogP contribution in [0, 0.1) is 0 Å². The number of para-hydroxylation sites is 2. The van der Waals surface area contributed by atoms with E-state index in [1.165, 1.54) is 127 Å². The van der Waals surface area contributed by atoms with Crippen LogP contribution in [0.4, 0.5) is 11.4 Å². The Kier molecular flexibility index (Phi) is 15.9. The van der Waals surface area contributed by atoms with Crippen molar-refractivity contribution in [1.29, 1.82) is 0 Å². The lowest BCUT2D eigenvalue weighted by Gasteiger charge is -2.37. The number of rotatable bonds is 25. The zero-order valence-corrected chi connectivity index (χ0v) is 45.8. The fourth-order valence-corrected chi connectivity index (χ4v) is 15.2. The van der Waals surface area contributed by atoms with Crippen molar-refractivity contribution in [2.24, 2.45) is 0 Å². The third-order valence-electron chi connectivity index (χ3n) is 16.5. The van der Waals surface area contributed by atoms with Gasteiger partial charge in [0.2, 0.25) is 22.8 Å². The number of aromatic nitrogens is 2. The van der Waals surface area contributed by atoms with Crippen LogP contribution in [0.15, 0.2) is 129 Å². The van der Waals surface area contributed by atoms with Crippen molar-refractivity contribution in [2.75, 3.05) is 36.0 Å². The summed E-state index contributed by atoms with van der Waals surface area (Å²) in [5.41, 5.74) is 10.4. The number of pyridine rings is 2. The number of anilines is 2. The van der Waals surface area contributed by atoms with Gasteiger partial charge >= 0.3 is 0 Å². The van der Waals surface area contributed by atoms with Crippen LogP contribution in [0.2, 0.25) is 0 Å². The molecule has 0 aliphatic carbocycles. The molecule has 12 heteroatoms. The number of nitrogens with zero attached hydrogens (tertiary/aromatic N) is 4. The maximum atomic E-state index is 12.6. The standard InChI is InChI=1S/C64H72N6O4S2/c71-57(31-11-9-19-39-67-41-33-45-59-49(67)25-21-27-51(59)73-53-35-43-69-47-23-13-15-29-55(47)75-63(69)61(45)53)65-37-17-7-5-3-1-2-4-6-8-18-38-66-58(72)32-12-10-20-40-68-42-34-46-60-50(68)26-22-28-52(60)74-54-36-44-70-48-24-14-16-30-56(48)76-64(70)62(46)54/h13-16,21-30,33-34,41-42,53-54H,1-12,17-20,31-32,35-40,43-44H2/p+2. The van der Waals surface area contributed by atoms with Gasteiger partial charge in [-0.25, -0.2) is 0 Å². The van der Waals surface area contributed by atoms with Gasteiger partial charge in [-0.1, -0.05) is 111 Å². The van der Waals surface area contributed by atoms with Crippen LogP contribution in [0.3, 0.4) is 0 Å². The molecule has 2 atom stereocenters. The Morgan fingerprint density at radius 1 is 0.487 bits per heavy atom. The van der Waals surface area contributed by atoms with Gasteiger partial charge in [0.1, 0.15) is 36.8 Å². The predicted molar refractivity (Wildman–Crippen MR) is 309 cm³/mol. The first-order valence-electron chi connectivity index (χ1n) is 28.9. The smallest absolute Gasteiger partial charge is 0.219 e.